The van der Waals surface area contributed by atoms with Crippen LogP contribution in [0.3, 0.4) is 0 Å². The topological polar surface area (TPSA) is 66.8 Å². The SMILES string of the molecule is O=P(O)(O)OCC(Br)CCCl. The van der Waals surface area contributed by atoms with E-state index < -0.39 is 7.82 Å². The fourth-order valence-electron chi connectivity index (χ4n) is 0.380. The quantitative estimate of drug-likeness (QED) is 0.585. The average Bonchev–Trinajstić information content (AvgIpc) is 1.83. The Morgan fingerprint density at radius 3 is 2.55 bits per heavy atom. The highest BCUT2D eigenvalue weighted by Crippen LogP contribution is 2.36. The van der Waals surface area contributed by atoms with Gasteiger partial charge in [-0.2, -0.15) is 0 Å². The second-order valence-corrected chi connectivity index (χ2v) is 4.77. The minimum absolute atomic E-state index is 0.0308. The molecule has 0 radical (unpaired) electrons. The van der Waals surface area contributed by atoms with Gasteiger partial charge in [0.2, 0.25) is 0 Å². The molecule has 0 saturated carbocycles. The zero-order valence-electron chi connectivity index (χ0n) is 5.61. The van der Waals surface area contributed by atoms with Crippen LogP contribution in [-0.2, 0) is 9.09 Å². The van der Waals surface area contributed by atoms with Crippen LogP contribution in [0.25, 0.3) is 0 Å². The molecule has 0 fully saturated rings. The number of rotatable bonds is 5. The molecule has 0 aliphatic carbocycles. The van der Waals surface area contributed by atoms with Gasteiger partial charge < -0.3 is 9.79 Å². The molecule has 0 aromatic heterocycles. The summed E-state index contributed by atoms with van der Waals surface area (Å²) in [5.74, 6) is 0.431. The molecule has 1 unspecified atom stereocenters. The maximum absolute atomic E-state index is 10.2. The molecule has 0 saturated heterocycles. The smallest absolute Gasteiger partial charge is 0.303 e. The zero-order chi connectivity index (χ0) is 8.91. The summed E-state index contributed by atoms with van der Waals surface area (Å²) < 4.78 is 14.4. The van der Waals surface area contributed by atoms with E-state index in [0.717, 1.165) is 0 Å². The summed E-state index contributed by atoms with van der Waals surface area (Å²) in [6.07, 6.45) is 0.613. The number of phosphoric ester groups is 1. The van der Waals surface area contributed by atoms with Crippen molar-refractivity contribution in [2.75, 3.05) is 12.5 Å². The fourth-order valence-corrected chi connectivity index (χ4v) is 1.85. The lowest BCUT2D eigenvalue weighted by molar-refractivity contribution is 0.198. The molecule has 0 aromatic rings. The fraction of sp³-hybridized carbons (Fsp3) is 1.00. The van der Waals surface area contributed by atoms with Crippen molar-refractivity contribution in [3.8, 4) is 0 Å². The maximum atomic E-state index is 10.2. The average molecular weight is 267 g/mol. The standard InChI is InChI=1S/C4H9BrClO4P/c5-4(1-2-6)3-10-11(7,8)9/h4H,1-3H2,(H2,7,8,9). The molecule has 1 atom stereocenters. The van der Waals surface area contributed by atoms with Crippen LogP contribution in [0.4, 0.5) is 0 Å². The third-order valence-corrected chi connectivity index (χ3v) is 2.27. The van der Waals surface area contributed by atoms with Crippen molar-refractivity contribution < 1.29 is 18.9 Å². The van der Waals surface area contributed by atoms with E-state index in [-0.39, 0.29) is 11.4 Å². The van der Waals surface area contributed by atoms with E-state index in [4.69, 9.17) is 21.4 Å². The predicted octanol–water partition coefficient (Wildman–Crippen LogP) is 1.49. The van der Waals surface area contributed by atoms with Crippen molar-refractivity contribution in [2.45, 2.75) is 11.2 Å². The summed E-state index contributed by atoms with van der Waals surface area (Å²) in [6, 6.07) is 0. The zero-order valence-corrected chi connectivity index (χ0v) is 8.85. The van der Waals surface area contributed by atoms with Gasteiger partial charge in [-0.3, -0.25) is 4.52 Å². The lowest BCUT2D eigenvalue weighted by atomic mass is 10.4. The van der Waals surface area contributed by atoms with E-state index in [0.29, 0.717) is 12.3 Å². The number of hydrogen-bond acceptors (Lipinski definition) is 2. The monoisotopic (exact) mass is 266 g/mol. The van der Waals surface area contributed by atoms with Gasteiger partial charge in [-0.15, -0.1) is 11.6 Å². The van der Waals surface area contributed by atoms with E-state index >= 15 is 0 Å². The maximum Gasteiger partial charge on any atom is 0.469 e. The van der Waals surface area contributed by atoms with Gasteiger partial charge in [0, 0.05) is 10.7 Å². The van der Waals surface area contributed by atoms with Crippen molar-refractivity contribution in [3.63, 3.8) is 0 Å². The Balaban J connectivity index is 3.46. The Labute approximate surface area is 78.3 Å². The van der Waals surface area contributed by atoms with Crippen LogP contribution in [0.5, 0.6) is 0 Å². The van der Waals surface area contributed by atoms with Crippen molar-refractivity contribution >= 4 is 35.4 Å². The minimum Gasteiger partial charge on any atom is -0.303 e. The molecule has 7 heteroatoms. The van der Waals surface area contributed by atoms with Crippen LogP contribution >= 0.6 is 35.4 Å². The van der Waals surface area contributed by atoms with Crippen LogP contribution in [-0.4, -0.2) is 27.1 Å². The molecule has 2 N–H and O–H groups in total. The van der Waals surface area contributed by atoms with E-state index in [1.54, 1.807) is 0 Å². The van der Waals surface area contributed by atoms with E-state index in [9.17, 15) is 4.57 Å². The largest absolute Gasteiger partial charge is 0.469 e. The van der Waals surface area contributed by atoms with E-state index in [1.165, 1.54) is 0 Å². The molecular weight excluding hydrogens is 258 g/mol. The highest BCUT2D eigenvalue weighted by molar-refractivity contribution is 9.09. The van der Waals surface area contributed by atoms with Gasteiger partial charge in [-0.25, -0.2) is 4.57 Å². The number of alkyl halides is 2. The Kier molecular flexibility index (Phi) is 5.95. The molecule has 4 nitrogen and oxygen atoms in total. The summed E-state index contributed by atoms with van der Waals surface area (Å²) in [5, 5.41) is 0. The third kappa shape index (κ3) is 8.79. The number of phosphoric acid groups is 1. The molecule has 0 aliphatic rings. The first-order valence-electron chi connectivity index (χ1n) is 2.86. The minimum atomic E-state index is -4.32. The van der Waals surface area contributed by atoms with Gasteiger partial charge in [0.25, 0.3) is 0 Å². The summed E-state index contributed by atoms with van der Waals surface area (Å²) in [6.45, 7) is -0.0308. The molecule has 0 amide bonds. The molecule has 0 spiro atoms. The number of halogens is 2. The first-order valence-corrected chi connectivity index (χ1v) is 5.84. The third-order valence-electron chi connectivity index (χ3n) is 0.846. The highest BCUT2D eigenvalue weighted by atomic mass is 79.9. The van der Waals surface area contributed by atoms with Crippen molar-refractivity contribution in [1.82, 2.24) is 0 Å². The molecular formula is C4H9BrClO4P. The predicted molar refractivity (Wildman–Crippen MR) is 46.0 cm³/mol. The summed E-state index contributed by atoms with van der Waals surface area (Å²) in [4.78, 5) is 16.4. The summed E-state index contributed by atoms with van der Waals surface area (Å²) in [5.41, 5.74) is 0. The van der Waals surface area contributed by atoms with Crippen LogP contribution in [0, 0.1) is 0 Å². The molecule has 11 heavy (non-hydrogen) atoms. The first-order chi connectivity index (χ1) is 4.95. The first kappa shape index (κ1) is 11.9. The summed E-state index contributed by atoms with van der Waals surface area (Å²) >= 11 is 8.50. The molecule has 0 heterocycles. The Bertz CT molecular complexity index is 149. The Morgan fingerprint density at radius 1 is 1.64 bits per heavy atom. The molecule has 68 valence electrons. The lowest BCUT2D eigenvalue weighted by Crippen LogP contribution is -2.07. The lowest BCUT2D eigenvalue weighted by Gasteiger charge is -2.08. The van der Waals surface area contributed by atoms with Gasteiger partial charge in [-0.1, -0.05) is 15.9 Å². The van der Waals surface area contributed by atoms with Gasteiger partial charge >= 0.3 is 7.82 Å². The van der Waals surface area contributed by atoms with Crippen molar-refractivity contribution in [1.29, 1.82) is 0 Å². The Hall–Kier alpha value is 0.880. The normalized spacial score (nSPS) is 14.9. The summed E-state index contributed by atoms with van der Waals surface area (Å²) in [7, 11) is -4.32. The van der Waals surface area contributed by atoms with Crippen LogP contribution in [0.1, 0.15) is 6.42 Å². The second-order valence-electron chi connectivity index (χ2n) is 1.86. The van der Waals surface area contributed by atoms with E-state index in [1.807, 2.05) is 0 Å². The van der Waals surface area contributed by atoms with Gasteiger partial charge in [-0.05, 0) is 6.42 Å². The number of hydrogen-bond donors (Lipinski definition) is 2. The molecule has 0 aromatic carbocycles. The van der Waals surface area contributed by atoms with Crippen LogP contribution < -0.4 is 0 Å². The molecule has 0 bridgehead atoms. The van der Waals surface area contributed by atoms with E-state index in [2.05, 4.69) is 20.5 Å². The van der Waals surface area contributed by atoms with Crippen LogP contribution in [0.15, 0.2) is 0 Å². The van der Waals surface area contributed by atoms with Gasteiger partial charge in [0.15, 0.2) is 0 Å². The van der Waals surface area contributed by atoms with Crippen molar-refractivity contribution in [3.05, 3.63) is 0 Å². The molecule has 0 aliphatic heterocycles. The van der Waals surface area contributed by atoms with Gasteiger partial charge in [0.05, 0.1) is 6.61 Å². The van der Waals surface area contributed by atoms with Gasteiger partial charge in [0.1, 0.15) is 0 Å². The Morgan fingerprint density at radius 2 is 2.18 bits per heavy atom. The molecule has 0 rings (SSSR count). The van der Waals surface area contributed by atoms with Crippen molar-refractivity contribution in [2.24, 2.45) is 0 Å². The van der Waals surface area contributed by atoms with Crippen LogP contribution in [0.2, 0.25) is 0 Å². The second kappa shape index (κ2) is 5.51. The highest BCUT2D eigenvalue weighted by Gasteiger charge is 2.15.